The first-order valence-corrected chi connectivity index (χ1v) is 7.93. The van der Waals surface area contributed by atoms with Gasteiger partial charge >= 0.3 is 5.97 Å². The molecule has 0 saturated carbocycles. The van der Waals surface area contributed by atoms with Crippen LogP contribution in [-0.2, 0) is 9.53 Å². The second-order valence-corrected chi connectivity index (χ2v) is 6.49. The summed E-state index contributed by atoms with van der Waals surface area (Å²) in [7, 11) is 1.41. The number of ether oxygens (including phenoxy) is 1. The number of aliphatic imine (C=N–C) groups is 1. The predicted molar refractivity (Wildman–Crippen MR) is 89.1 cm³/mol. The molecule has 2 aliphatic heterocycles. The highest BCUT2D eigenvalue weighted by molar-refractivity contribution is 8.17. The molecule has 0 spiro atoms. The van der Waals surface area contributed by atoms with Gasteiger partial charge in [-0.15, -0.1) is 0 Å². The van der Waals surface area contributed by atoms with E-state index in [0.717, 1.165) is 22.1 Å². The van der Waals surface area contributed by atoms with Crippen LogP contribution in [0.1, 0.15) is 32.4 Å². The van der Waals surface area contributed by atoms with Crippen LogP contribution in [0.3, 0.4) is 0 Å². The van der Waals surface area contributed by atoms with E-state index in [2.05, 4.69) is 23.7 Å². The Labute approximate surface area is 134 Å². The van der Waals surface area contributed by atoms with Crippen LogP contribution in [0, 0.1) is 0 Å². The minimum atomic E-state index is -0.323. The van der Waals surface area contributed by atoms with E-state index >= 15 is 0 Å². The quantitative estimate of drug-likeness (QED) is 0.778. The fourth-order valence-electron chi connectivity index (χ4n) is 2.80. The number of allylic oxidation sites excluding steroid dienone is 3. The van der Waals surface area contributed by atoms with Gasteiger partial charge in [-0.2, -0.15) is 0 Å². The zero-order chi connectivity index (χ0) is 15.9. The SMILES string of the molecule is COC(=O)C1=C(C)N=C2SC(C)=C(C)N2C1c1ccccc1. The maximum absolute atomic E-state index is 12.3. The third-order valence-corrected chi connectivity index (χ3v) is 5.10. The van der Waals surface area contributed by atoms with Crippen molar-refractivity contribution in [2.75, 3.05) is 7.11 Å². The highest BCUT2D eigenvalue weighted by atomic mass is 32.2. The first-order valence-electron chi connectivity index (χ1n) is 7.12. The van der Waals surface area contributed by atoms with Gasteiger partial charge in [0.25, 0.3) is 0 Å². The van der Waals surface area contributed by atoms with E-state index < -0.39 is 0 Å². The van der Waals surface area contributed by atoms with Crippen molar-refractivity contribution >= 4 is 22.9 Å². The summed E-state index contributed by atoms with van der Waals surface area (Å²) in [4.78, 5) is 20.3. The zero-order valence-electron chi connectivity index (χ0n) is 13.1. The molecular formula is C17H18N2O2S. The van der Waals surface area contributed by atoms with E-state index in [9.17, 15) is 4.79 Å². The number of amidine groups is 1. The molecule has 0 fully saturated rings. The first kappa shape index (κ1) is 14.9. The average Bonchev–Trinajstić information content (AvgIpc) is 2.80. The summed E-state index contributed by atoms with van der Waals surface area (Å²) in [6.07, 6.45) is 0. The molecule has 114 valence electrons. The minimum absolute atomic E-state index is 0.189. The van der Waals surface area contributed by atoms with Crippen molar-refractivity contribution in [2.24, 2.45) is 4.99 Å². The molecule has 2 heterocycles. The lowest BCUT2D eigenvalue weighted by Crippen LogP contribution is -2.35. The fourth-order valence-corrected chi connectivity index (χ4v) is 3.85. The minimum Gasteiger partial charge on any atom is -0.466 e. The van der Waals surface area contributed by atoms with Crippen LogP contribution >= 0.6 is 11.8 Å². The Morgan fingerprint density at radius 2 is 1.91 bits per heavy atom. The van der Waals surface area contributed by atoms with Crippen LogP contribution in [0.4, 0.5) is 0 Å². The van der Waals surface area contributed by atoms with Gasteiger partial charge in [-0.05, 0) is 26.3 Å². The molecule has 3 rings (SSSR count). The van der Waals surface area contributed by atoms with Crippen LogP contribution in [-0.4, -0.2) is 23.1 Å². The van der Waals surface area contributed by atoms with Gasteiger partial charge in [0.1, 0.15) is 0 Å². The first-order chi connectivity index (χ1) is 10.5. The number of methoxy groups -OCH3 is 1. The second-order valence-electron chi connectivity index (χ2n) is 5.31. The Morgan fingerprint density at radius 3 is 2.55 bits per heavy atom. The number of fused-ring (bicyclic) bond motifs is 1. The fraction of sp³-hybridized carbons (Fsp3) is 0.294. The molecule has 2 aliphatic rings. The molecule has 1 unspecified atom stereocenters. The van der Waals surface area contributed by atoms with Crippen molar-refractivity contribution in [2.45, 2.75) is 26.8 Å². The molecular weight excluding hydrogens is 296 g/mol. The molecule has 0 amide bonds. The standard InChI is InChI=1S/C17H18N2O2S/c1-10-14(16(20)21-4)15(13-8-6-5-7-9-13)19-11(2)12(3)22-17(19)18-10/h5-9,15H,1-4H3. The average molecular weight is 314 g/mol. The highest BCUT2D eigenvalue weighted by Gasteiger charge is 2.40. The molecule has 1 aromatic rings. The van der Waals surface area contributed by atoms with Crippen LogP contribution < -0.4 is 0 Å². The lowest BCUT2D eigenvalue weighted by Gasteiger charge is -2.35. The third kappa shape index (κ3) is 2.25. The van der Waals surface area contributed by atoms with Gasteiger partial charge in [0, 0.05) is 10.6 Å². The van der Waals surface area contributed by atoms with Crippen LogP contribution in [0.2, 0.25) is 0 Å². The molecule has 0 aromatic heterocycles. The van der Waals surface area contributed by atoms with Crippen molar-refractivity contribution in [3.8, 4) is 0 Å². The molecule has 4 nitrogen and oxygen atoms in total. The van der Waals surface area contributed by atoms with Gasteiger partial charge in [-0.25, -0.2) is 9.79 Å². The van der Waals surface area contributed by atoms with E-state index in [1.165, 1.54) is 12.0 Å². The van der Waals surface area contributed by atoms with Crippen LogP contribution in [0.25, 0.3) is 0 Å². The molecule has 22 heavy (non-hydrogen) atoms. The van der Waals surface area contributed by atoms with E-state index in [1.807, 2.05) is 37.3 Å². The van der Waals surface area contributed by atoms with Crippen molar-refractivity contribution < 1.29 is 9.53 Å². The Hall–Kier alpha value is -2.01. The number of esters is 1. The molecule has 0 N–H and O–H groups in total. The number of thioether (sulfide) groups is 1. The van der Waals surface area contributed by atoms with Gasteiger partial charge in [-0.1, -0.05) is 42.1 Å². The van der Waals surface area contributed by atoms with Crippen LogP contribution in [0.5, 0.6) is 0 Å². The maximum atomic E-state index is 12.3. The van der Waals surface area contributed by atoms with Gasteiger partial charge in [0.05, 0.1) is 24.4 Å². The van der Waals surface area contributed by atoms with Gasteiger partial charge in [0.15, 0.2) is 5.17 Å². The lowest BCUT2D eigenvalue weighted by molar-refractivity contribution is -0.136. The summed E-state index contributed by atoms with van der Waals surface area (Å²) in [6, 6.07) is 9.83. The number of nitrogens with zero attached hydrogens (tertiary/aromatic N) is 2. The van der Waals surface area contributed by atoms with Gasteiger partial charge < -0.3 is 9.64 Å². The lowest BCUT2D eigenvalue weighted by atomic mass is 9.94. The number of carbonyl (C=O) groups is 1. The molecule has 0 radical (unpaired) electrons. The highest BCUT2D eigenvalue weighted by Crippen LogP contribution is 2.46. The molecule has 0 saturated heterocycles. The molecule has 0 bridgehead atoms. The summed E-state index contributed by atoms with van der Waals surface area (Å²) < 4.78 is 5.01. The number of hydrogen-bond acceptors (Lipinski definition) is 5. The molecule has 5 heteroatoms. The van der Waals surface area contributed by atoms with Crippen molar-refractivity contribution in [3.63, 3.8) is 0 Å². The van der Waals surface area contributed by atoms with Crippen molar-refractivity contribution in [1.29, 1.82) is 0 Å². The third-order valence-electron chi connectivity index (χ3n) is 4.03. The molecule has 0 aliphatic carbocycles. The second kappa shape index (κ2) is 5.65. The number of benzene rings is 1. The summed E-state index contributed by atoms with van der Waals surface area (Å²) in [5.41, 5.74) is 3.52. The Balaban J connectivity index is 2.19. The predicted octanol–water partition coefficient (Wildman–Crippen LogP) is 3.84. The number of hydrogen-bond donors (Lipinski definition) is 0. The van der Waals surface area contributed by atoms with E-state index in [4.69, 9.17) is 4.74 Å². The Morgan fingerprint density at radius 1 is 1.23 bits per heavy atom. The summed E-state index contributed by atoms with van der Waals surface area (Å²) in [5.74, 6) is -0.323. The summed E-state index contributed by atoms with van der Waals surface area (Å²) in [6.45, 7) is 6.02. The summed E-state index contributed by atoms with van der Waals surface area (Å²) in [5, 5.41) is 0.925. The zero-order valence-corrected chi connectivity index (χ0v) is 13.9. The van der Waals surface area contributed by atoms with Crippen molar-refractivity contribution in [3.05, 3.63) is 57.8 Å². The smallest absolute Gasteiger partial charge is 0.338 e. The monoisotopic (exact) mass is 314 g/mol. The number of carbonyl (C=O) groups excluding carboxylic acids is 1. The number of rotatable bonds is 2. The van der Waals surface area contributed by atoms with Gasteiger partial charge in [0.2, 0.25) is 0 Å². The van der Waals surface area contributed by atoms with E-state index in [0.29, 0.717) is 5.57 Å². The largest absolute Gasteiger partial charge is 0.466 e. The Bertz CT molecular complexity index is 719. The van der Waals surface area contributed by atoms with Crippen molar-refractivity contribution in [1.82, 2.24) is 4.90 Å². The van der Waals surface area contributed by atoms with Gasteiger partial charge in [-0.3, -0.25) is 0 Å². The maximum Gasteiger partial charge on any atom is 0.338 e. The normalized spacial score (nSPS) is 21.0. The topological polar surface area (TPSA) is 41.9 Å². The van der Waals surface area contributed by atoms with E-state index in [1.54, 1.807) is 11.8 Å². The van der Waals surface area contributed by atoms with E-state index in [-0.39, 0.29) is 12.0 Å². The molecule has 1 atom stereocenters. The Kier molecular flexibility index (Phi) is 3.83. The molecule has 1 aromatic carbocycles. The summed E-state index contributed by atoms with van der Waals surface area (Å²) >= 11 is 1.65. The van der Waals surface area contributed by atoms with Crippen LogP contribution in [0.15, 0.2) is 57.2 Å².